The summed E-state index contributed by atoms with van der Waals surface area (Å²) in [6.45, 7) is 6.06. The summed E-state index contributed by atoms with van der Waals surface area (Å²) < 4.78 is 5.47. The Balaban J connectivity index is 2.08. The third-order valence-electron chi connectivity index (χ3n) is 4.14. The molecule has 3 rings (SSSR count). The number of esters is 1. The lowest BCUT2D eigenvalue weighted by Gasteiger charge is -2.39. The van der Waals surface area contributed by atoms with Crippen molar-refractivity contribution in [1.82, 2.24) is 4.90 Å². The van der Waals surface area contributed by atoms with E-state index in [1.165, 1.54) is 11.8 Å². The number of amidine groups is 1. The molecule has 2 heterocycles. The van der Waals surface area contributed by atoms with Gasteiger partial charge >= 0.3 is 5.97 Å². The molecule has 26 heavy (non-hydrogen) atoms. The molecule has 0 spiro atoms. The van der Waals surface area contributed by atoms with Crippen molar-refractivity contribution in [1.29, 1.82) is 0 Å². The first kappa shape index (κ1) is 19.0. The fourth-order valence-corrected chi connectivity index (χ4v) is 4.18. The van der Waals surface area contributed by atoms with Crippen LogP contribution in [0, 0.1) is 5.92 Å². The zero-order valence-electron chi connectivity index (χ0n) is 15.0. The van der Waals surface area contributed by atoms with E-state index in [0.717, 1.165) is 5.56 Å². The van der Waals surface area contributed by atoms with Crippen LogP contribution < -0.4 is 0 Å². The number of benzene rings is 1. The Morgan fingerprint density at radius 1 is 1.46 bits per heavy atom. The van der Waals surface area contributed by atoms with Crippen LogP contribution in [0.3, 0.4) is 0 Å². The zero-order valence-corrected chi connectivity index (χ0v) is 16.6. The molecule has 0 saturated carbocycles. The molecule has 138 valence electrons. The molecule has 1 saturated heterocycles. The van der Waals surface area contributed by atoms with E-state index in [9.17, 15) is 9.59 Å². The molecule has 7 heteroatoms. The van der Waals surface area contributed by atoms with Crippen molar-refractivity contribution in [3.8, 4) is 0 Å². The Morgan fingerprint density at radius 2 is 2.23 bits per heavy atom. The molecule has 1 aromatic carbocycles. The van der Waals surface area contributed by atoms with Crippen LogP contribution >= 0.6 is 23.4 Å². The number of rotatable bonds is 4. The first-order valence-electron chi connectivity index (χ1n) is 8.55. The minimum Gasteiger partial charge on any atom is -0.462 e. The average molecular weight is 393 g/mol. The van der Waals surface area contributed by atoms with E-state index in [1.54, 1.807) is 24.0 Å². The Morgan fingerprint density at radius 3 is 2.92 bits per heavy atom. The van der Waals surface area contributed by atoms with Crippen LogP contribution in [0.4, 0.5) is 0 Å². The van der Waals surface area contributed by atoms with Gasteiger partial charge < -0.3 is 4.74 Å². The maximum Gasteiger partial charge on any atom is 0.338 e. The van der Waals surface area contributed by atoms with Gasteiger partial charge in [-0.2, -0.15) is 0 Å². The number of amides is 1. The molecule has 0 unspecified atom stereocenters. The summed E-state index contributed by atoms with van der Waals surface area (Å²) in [7, 11) is 0. The fraction of sp³-hybridized carbons (Fsp3) is 0.421. The quantitative estimate of drug-likeness (QED) is 0.721. The Hall–Kier alpha value is -1.79. The Kier molecular flexibility index (Phi) is 5.73. The van der Waals surface area contributed by atoms with Crippen molar-refractivity contribution in [2.24, 2.45) is 10.9 Å². The lowest BCUT2D eigenvalue weighted by molar-refractivity contribution is -0.141. The van der Waals surface area contributed by atoms with E-state index in [1.807, 2.05) is 26.0 Å². The second-order valence-electron chi connectivity index (χ2n) is 6.71. The van der Waals surface area contributed by atoms with Crippen LogP contribution in [0.15, 0.2) is 40.5 Å². The van der Waals surface area contributed by atoms with Gasteiger partial charge in [0.15, 0.2) is 5.17 Å². The second-order valence-corrected chi connectivity index (χ2v) is 8.20. The predicted octanol–water partition coefficient (Wildman–Crippen LogP) is 4.19. The number of fused-ring (bicyclic) bond motifs is 1. The van der Waals surface area contributed by atoms with Gasteiger partial charge in [-0.3, -0.25) is 9.69 Å². The maximum atomic E-state index is 12.8. The molecule has 0 aromatic heterocycles. The van der Waals surface area contributed by atoms with E-state index in [0.29, 0.717) is 40.2 Å². The van der Waals surface area contributed by atoms with Gasteiger partial charge in [0.25, 0.3) is 0 Å². The van der Waals surface area contributed by atoms with Crippen LogP contribution in [0.2, 0.25) is 5.02 Å². The molecule has 1 aromatic rings. The molecule has 0 radical (unpaired) electrons. The van der Waals surface area contributed by atoms with Gasteiger partial charge in [0.1, 0.15) is 0 Å². The van der Waals surface area contributed by atoms with Crippen molar-refractivity contribution in [2.45, 2.75) is 33.2 Å². The SMILES string of the molecule is CC1=C(C(=O)OCC(C)C)[C@@H](c2cccc(Cl)c2)N2C(=O)CCSC2=N1. The highest BCUT2D eigenvalue weighted by molar-refractivity contribution is 8.14. The first-order valence-corrected chi connectivity index (χ1v) is 9.91. The molecule has 1 atom stereocenters. The molecule has 1 amide bonds. The van der Waals surface area contributed by atoms with Crippen LogP contribution in [-0.4, -0.2) is 34.3 Å². The molecular formula is C19H21ClN2O3S. The molecule has 0 aliphatic carbocycles. The number of allylic oxidation sites excluding steroid dienone is 1. The lowest BCUT2D eigenvalue weighted by Crippen LogP contribution is -2.45. The molecule has 2 aliphatic heterocycles. The molecular weight excluding hydrogens is 372 g/mol. The van der Waals surface area contributed by atoms with E-state index < -0.39 is 12.0 Å². The van der Waals surface area contributed by atoms with Crippen molar-refractivity contribution in [2.75, 3.05) is 12.4 Å². The average Bonchev–Trinajstić information content (AvgIpc) is 2.58. The van der Waals surface area contributed by atoms with Gasteiger partial charge in [-0.15, -0.1) is 0 Å². The van der Waals surface area contributed by atoms with Gasteiger partial charge in [-0.05, 0) is 30.5 Å². The summed E-state index contributed by atoms with van der Waals surface area (Å²) >= 11 is 7.70. The minimum absolute atomic E-state index is 0.0471. The summed E-state index contributed by atoms with van der Waals surface area (Å²) in [5, 5.41) is 1.18. The number of halogens is 1. The number of thioether (sulfide) groups is 1. The molecule has 1 fully saturated rings. The Bertz CT molecular complexity index is 804. The van der Waals surface area contributed by atoms with Crippen molar-refractivity contribution >= 4 is 40.4 Å². The van der Waals surface area contributed by atoms with E-state index in [2.05, 4.69) is 4.99 Å². The van der Waals surface area contributed by atoms with Crippen molar-refractivity contribution in [3.05, 3.63) is 46.1 Å². The summed E-state index contributed by atoms with van der Waals surface area (Å²) in [5.41, 5.74) is 1.75. The topological polar surface area (TPSA) is 59.0 Å². The maximum absolute atomic E-state index is 12.8. The Labute approximate surface area is 162 Å². The van der Waals surface area contributed by atoms with Crippen LogP contribution in [0.5, 0.6) is 0 Å². The zero-order chi connectivity index (χ0) is 18.8. The van der Waals surface area contributed by atoms with Crippen molar-refractivity contribution < 1.29 is 14.3 Å². The normalized spacial score (nSPS) is 20.2. The summed E-state index contributed by atoms with van der Waals surface area (Å²) in [4.78, 5) is 31.6. The van der Waals surface area contributed by atoms with Gasteiger partial charge in [0.2, 0.25) is 5.91 Å². The predicted molar refractivity (Wildman–Crippen MR) is 104 cm³/mol. The number of hydrogen-bond acceptors (Lipinski definition) is 5. The summed E-state index contributed by atoms with van der Waals surface area (Å²) in [6.07, 6.45) is 0.411. The van der Waals surface area contributed by atoms with E-state index in [-0.39, 0.29) is 11.8 Å². The highest BCUT2D eigenvalue weighted by Crippen LogP contribution is 2.40. The number of ether oxygens (including phenoxy) is 1. The number of nitrogens with zero attached hydrogens (tertiary/aromatic N) is 2. The number of hydrogen-bond donors (Lipinski definition) is 0. The van der Waals surface area contributed by atoms with Gasteiger partial charge in [-0.1, -0.05) is 49.3 Å². The second kappa shape index (κ2) is 7.84. The van der Waals surface area contributed by atoms with Crippen LogP contribution in [0.1, 0.15) is 38.8 Å². The number of carbonyl (C=O) groups is 2. The molecule has 2 aliphatic rings. The fourth-order valence-electron chi connectivity index (χ4n) is 2.97. The molecule has 5 nitrogen and oxygen atoms in total. The lowest BCUT2D eigenvalue weighted by atomic mass is 9.94. The standard InChI is InChI=1S/C19H21ClN2O3S/c1-11(2)10-25-18(24)16-12(3)21-19-22(15(23)7-8-26-19)17(16)13-5-4-6-14(20)9-13/h4-6,9,11,17H,7-8,10H2,1-3H3/t17-/m1/s1. The molecule has 0 bridgehead atoms. The van der Waals surface area contributed by atoms with E-state index >= 15 is 0 Å². The van der Waals surface area contributed by atoms with Gasteiger partial charge in [-0.25, -0.2) is 9.79 Å². The van der Waals surface area contributed by atoms with Crippen LogP contribution in [-0.2, 0) is 14.3 Å². The van der Waals surface area contributed by atoms with Gasteiger partial charge in [0, 0.05) is 17.2 Å². The largest absolute Gasteiger partial charge is 0.462 e. The number of carbonyl (C=O) groups excluding carboxylic acids is 2. The third kappa shape index (κ3) is 3.81. The monoisotopic (exact) mass is 392 g/mol. The van der Waals surface area contributed by atoms with E-state index in [4.69, 9.17) is 16.3 Å². The van der Waals surface area contributed by atoms with Crippen molar-refractivity contribution in [3.63, 3.8) is 0 Å². The third-order valence-corrected chi connectivity index (χ3v) is 5.33. The van der Waals surface area contributed by atoms with Gasteiger partial charge in [0.05, 0.1) is 23.9 Å². The first-order chi connectivity index (χ1) is 12.4. The molecule has 0 N–H and O–H groups in total. The smallest absolute Gasteiger partial charge is 0.338 e. The summed E-state index contributed by atoms with van der Waals surface area (Å²) in [5.74, 6) is 0.428. The highest BCUT2D eigenvalue weighted by atomic mass is 35.5. The number of aliphatic imine (C=N–C) groups is 1. The summed E-state index contributed by atoms with van der Waals surface area (Å²) in [6, 6.07) is 6.67. The minimum atomic E-state index is -0.568. The van der Waals surface area contributed by atoms with Crippen LogP contribution in [0.25, 0.3) is 0 Å². The highest BCUT2D eigenvalue weighted by Gasteiger charge is 2.41.